The smallest absolute Gasteiger partial charge is 0.0664 e. The van der Waals surface area contributed by atoms with Gasteiger partial charge in [0.15, 0.2) is 0 Å². The van der Waals surface area contributed by atoms with Gasteiger partial charge in [0.05, 0.1) is 0 Å². The Kier molecular flexibility index (Phi) is 4.95. The minimum atomic E-state index is 0.453. The average molecular weight is 210 g/mol. The molecule has 0 aliphatic heterocycles. The molecule has 0 rings (SSSR count). The Morgan fingerprint density at radius 2 is 1.27 bits per heavy atom. The van der Waals surface area contributed by atoms with E-state index in [9.17, 15) is 0 Å². The SMILES string of the molecule is BC(C)(CC)C(C)(CC)CC(C)(C)CC. The fourth-order valence-corrected chi connectivity index (χ4v) is 2.45. The lowest BCUT2D eigenvalue weighted by molar-refractivity contribution is 0.110. The van der Waals surface area contributed by atoms with Crippen molar-refractivity contribution in [2.45, 2.75) is 79.5 Å². The number of hydrogen-bond donors (Lipinski definition) is 0. The van der Waals surface area contributed by atoms with Crippen LogP contribution in [0.2, 0.25) is 5.31 Å². The first-order valence-electron chi connectivity index (χ1n) is 6.64. The molecule has 0 aromatic heterocycles. The van der Waals surface area contributed by atoms with E-state index in [0.717, 1.165) is 0 Å². The van der Waals surface area contributed by atoms with Crippen LogP contribution in [0, 0.1) is 10.8 Å². The van der Waals surface area contributed by atoms with Crippen LogP contribution in [0.15, 0.2) is 0 Å². The Bertz CT molecular complexity index is 194. The molecule has 0 spiro atoms. The van der Waals surface area contributed by atoms with Gasteiger partial charge in [0.25, 0.3) is 0 Å². The molecule has 2 unspecified atom stereocenters. The van der Waals surface area contributed by atoms with Gasteiger partial charge in [-0.25, -0.2) is 0 Å². The summed E-state index contributed by atoms with van der Waals surface area (Å²) in [5.74, 6) is 0. The lowest BCUT2D eigenvalue weighted by Crippen LogP contribution is -2.35. The lowest BCUT2D eigenvalue weighted by Gasteiger charge is -2.48. The van der Waals surface area contributed by atoms with Crippen molar-refractivity contribution in [1.82, 2.24) is 0 Å². The predicted octanol–water partition coefficient (Wildman–Crippen LogP) is 4.45. The van der Waals surface area contributed by atoms with Crippen molar-refractivity contribution < 1.29 is 0 Å². The van der Waals surface area contributed by atoms with Gasteiger partial charge in [0.2, 0.25) is 0 Å². The van der Waals surface area contributed by atoms with Crippen molar-refractivity contribution >= 4 is 7.85 Å². The summed E-state index contributed by atoms with van der Waals surface area (Å²) in [6, 6.07) is 0. The van der Waals surface area contributed by atoms with Gasteiger partial charge in [-0.2, -0.15) is 0 Å². The molecule has 15 heavy (non-hydrogen) atoms. The molecule has 0 aliphatic carbocycles. The number of hydrogen-bond acceptors (Lipinski definition) is 0. The zero-order valence-corrected chi connectivity index (χ0v) is 12.3. The molecular weight excluding hydrogens is 179 g/mol. The van der Waals surface area contributed by atoms with Crippen molar-refractivity contribution in [2.75, 3.05) is 0 Å². The summed E-state index contributed by atoms with van der Waals surface area (Å²) >= 11 is 0. The molecule has 1 heteroatoms. The summed E-state index contributed by atoms with van der Waals surface area (Å²) < 4.78 is 0. The van der Waals surface area contributed by atoms with Gasteiger partial charge in [-0.05, 0) is 17.3 Å². The van der Waals surface area contributed by atoms with Gasteiger partial charge in [-0.1, -0.05) is 73.0 Å². The van der Waals surface area contributed by atoms with E-state index in [1.165, 1.54) is 25.7 Å². The molecule has 0 radical (unpaired) electrons. The molecule has 0 bridgehead atoms. The maximum Gasteiger partial charge on any atom is 0.109 e. The van der Waals surface area contributed by atoms with Gasteiger partial charge in [0, 0.05) is 0 Å². The predicted molar refractivity (Wildman–Crippen MR) is 74.3 cm³/mol. The van der Waals surface area contributed by atoms with Crippen LogP contribution in [-0.2, 0) is 0 Å². The van der Waals surface area contributed by atoms with Crippen molar-refractivity contribution in [3.63, 3.8) is 0 Å². The Hall–Kier alpha value is 0.0649. The van der Waals surface area contributed by atoms with Crippen LogP contribution >= 0.6 is 0 Å². The standard InChI is InChI=1S/C14H31B/c1-8-12(4,5)11-13(6,9-2)14(7,15)10-3/h8-11,15H2,1-7H3. The zero-order valence-electron chi connectivity index (χ0n) is 12.3. The fourth-order valence-electron chi connectivity index (χ4n) is 2.45. The van der Waals surface area contributed by atoms with Crippen LogP contribution in [0.3, 0.4) is 0 Å². The minimum Gasteiger partial charge on any atom is -0.0664 e. The quantitative estimate of drug-likeness (QED) is 0.568. The second-order valence-corrected chi connectivity index (χ2v) is 6.85. The Labute approximate surface area is 98.6 Å². The molecule has 0 N–H and O–H groups in total. The van der Waals surface area contributed by atoms with E-state index in [1.807, 2.05) is 0 Å². The molecule has 0 fully saturated rings. The maximum atomic E-state index is 2.48. The summed E-state index contributed by atoms with van der Waals surface area (Å²) in [5.41, 5.74) is 0.957. The van der Waals surface area contributed by atoms with Crippen molar-refractivity contribution in [3.05, 3.63) is 0 Å². The van der Waals surface area contributed by atoms with Crippen LogP contribution in [0.25, 0.3) is 0 Å². The topological polar surface area (TPSA) is 0 Å². The molecular formula is C14H31B. The zero-order chi connectivity index (χ0) is 12.3. The minimum absolute atomic E-state index is 0.453. The Morgan fingerprint density at radius 1 is 0.800 bits per heavy atom. The highest BCUT2D eigenvalue weighted by Gasteiger charge is 2.40. The summed E-state index contributed by atoms with van der Waals surface area (Å²) in [5, 5.41) is 0.453. The van der Waals surface area contributed by atoms with E-state index in [1.54, 1.807) is 0 Å². The summed E-state index contributed by atoms with van der Waals surface area (Å²) in [6.45, 7) is 16.7. The van der Waals surface area contributed by atoms with Gasteiger partial charge in [-0.3, -0.25) is 0 Å². The van der Waals surface area contributed by atoms with E-state index >= 15 is 0 Å². The molecule has 0 amide bonds. The van der Waals surface area contributed by atoms with Crippen LogP contribution < -0.4 is 0 Å². The van der Waals surface area contributed by atoms with Gasteiger partial charge >= 0.3 is 0 Å². The second kappa shape index (κ2) is 4.93. The Balaban J connectivity index is 4.87. The van der Waals surface area contributed by atoms with E-state index in [2.05, 4.69) is 56.3 Å². The summed E-state index contributed by atoms with van der Waals surface area (Å²) in [6.07, 6.45) is 5.19. The third kappa shape index (κ3) is 3.54. The molecule has 0 aromatic carbocycles. The second-order valence-electron chi connectivity index (χ2n) is 6.85. The van der Waals surface area contributed by atoms with E-state index < -0.39 is 0 Å². The third-order valence-corrected chi connectivity index (χ3v) is 5.12. The molecule has 0 aromatic rings. The van der Waals surface area contributed by atoms with Crippen molar-refractivity contribution in [3.8, 4) is 0 Å². The summed E-state index contributed by atoms with van der Waals surface area (Å²) in [4.78, 5) is 0. The van der Waals surface area contributed by atoms with Crippen molar-refractivity contribution in [1.29, 1.82) is 0 Å². The normalized spacial score (nSPS) is 20.7. The monoisotopic (exact) mass is 210 g/mol. The first kappa shape index (κ1) is 15.1. The molecule has 0 heterocycles. The molecule has 0 saturated heterocycles. The third-order valence-electron chi connectivity index (χ3n) is 5.12. The largest absolute Gasteiger partial charge is 0.109 e. The highest BCUT2D eigenvalue weighted by atomic mass is 14.4. The van der Waals surface area contributed by atoms with Crippen molar-refractivity contribution in [2.24, 2.45) is 10.8 Å². The van der Waals surface area contributed by atoms with Crippen LogP contribution in [0.5, 0.6) is 0 Å². The van der Waals surface area contributed by atoms with E-state index in [4.69, 9.17) is 0 Å². The molecule has 0 saturated carbocycles. The molecule has 90 valence electrons. The van der Waals surface area contributed by atoms with Crippen LogP contribution in [0.4, 0.5) is 0 Å². The van der Waals surface area contributed by atoms with E-state index in [0.29, 0.717) is 16.1 Å². The molecule has 0 aliphatic rings. The van der Waals surface area contributed by atoms with E-state index in [-0.39, 0.29) is 0 Å². The summed E-state index contributed by atoms with van der Waals surface area (Å²) in [7, 11) is 2.43. The first-order chi connectivity index (χ1) is 6.64. The van der Waals surface area contributed by atoms with Crippen LogP contribution in [-0.4, -0.2) is 7.85 Å². The van der Waals surface area contributed by atoms with Gasteiger partial charge in [0.1, 0.15) is 7.85 Å². The maximum absolute atomic E-state index is 2.48. The average Bonchev–Trinajstić information content (AvgIpc) is 2.16. The van der Waals surface area contributed by atoms with Gasteiger partial charge in [-0.15, -0.1) is 0 Å². The highest BCUT2D eigenvalue weighted by molar-refractivity contribution is 6.15. The molecule has 0 nitrogen and oxygen atoms in total. The molecule has 2 atom stereocenters. The Morgan fingerprint density at radius 3 is 1.53 bits per heavy atom. The highest BCUT2D eigenvalue weighted by Crippen LogP contribution is 2.54. The first-order valence-corrected chi connectivity index (χ1v) is 6.64. The van der Waals surface area contributed by atoms with Crippen LogP contribution in [0.1, 0.15) is 74.1 Å². The van der Waals surface area contributed by atoms with Gasteiger partial charge < -0.3 is 0 Å². The fraction of sp³-hybridized carbons (Fsp3) is 1.00. The number of rotatable bonds is 6. The lowest BCUT2D eigenvalue weighted by atomic mass is 9.48.